The SMILES string of the molecule is CCOCCCNCc1cc(Cl)c(OC)c(OC)c1.Cl. The van der Waals surface area contributed by atoms with Crippen molar-refractivity contribution in [3.63, 3.8) is 0 Å². The van der Waals surface area contributed by atoms with Crippen molar-refractivity contribution in [2.45, 2.75) is 19.9 Å². The van der Waals surface area contributed by atoms with Crippen LogP contribution >= 0.6 is 24.0 Å². The third kappa shape index (κ3) is 6.18. The van der Waals surface area contributed by atoms with Crippen molar-refractivity contribution in [2.24, 2.45) is 0 Å². The highest BCUT2D eigenvalue weighted by molar-refractivity contribution is 6.32. The minimum absolute atomic E-state index is 0. The number of methoxy groups -OCH3 is 2. The van der Waals surface area contributed by atoms with Crippen molar-refractivity contribution >= 4 is 24.0 Å². The van der Waals surface area contributed by atoms with Gasteiger partial charge in [0.1, 0.15) is 0 Å². The van der Waals surface area contributed by atoms with Gasteiger partial charge in [0, 0.05) is 19.8 Å². The fraction of sp³-hybridized carbons (Fsp3) is 0.571. The predicted molar refractivity (Wildman–Crippen MR) is 84.6 cm³/mol. The second-order valence-electron chi connectivity index (χ2n) is 4.04. The van der Waals surface area contributed by atoms with Crippen LogP contribution in [0.15, 0.2) is 12.1 Å². The van der Waals surface area contributed by atoms with Crippen molar-refractivity contribution in [1.82, 2.24) is 5.32 Å². The van der Waals surface area contributed by atoms with E-state index in [1.807, 2.05) is 19.1 Å². The molecule has 1 rings (SSSR count). The molecule has 0 aromatic heterocycles. The highest BCUT2D eigenvalue weighted by Gasteiger charge is 2.10. The molecule has 0 amide bonds. The van der Waals surface area contributed by atoms with Crippen molar-refractivity contribution in [3.8, 4) is 11.5 Å². The molecule has 0 unspecified atom stereocenters. The minimum atomic E-state index is 0. The second kappa shape index (κ2) is 11.0. The molecule has 0 atom stereocenters. The van der Waals surface area contributed by atoms with E-state index in [0.717, 1.165) is 38.3 Å². The summed E-state index contributed by atoms with van der Waals surface area (Å²) < 4.78 is 15.7. The lowest BCUT2D eigenvalue weighted by atomic mass is 10.2. The second-order valence-corrected chi connectivity index (χ2v) is 4.45. The van der Waals surface area contributed by atoms with E-state index < -0.39 is 0 Å². The van der Waals surface area contributed by atoms with Gasteiger partial charge < -0.3 is 19.5 Å². The summed E-state index contributed by atoms with van der Waals surface area (Å²) in [5, 5.41) is 3.90. The molecule has 0 spiro atoms. The van der Waals surface area contributed by atoms with Crippen LogP contribution in [0.3, 0.4) is 0 Å². The fourth-order valence-electron chi connectivity index (χ4n) is 1.75. The molecule has 0 saturated carbocycles. The first-order chi connectivity index (χ1) is 9.22. The van der Waals surface area contributed by atoms with Crippen LogP contribution in [-0.2, 0) is 11.3 Å². The summed E-state index contributed by atoms with van der Waals surface area (Å²) in [5.74, 6) is 1.23. The zero-order valence-corrected chi connectivity index (χ0v) is 13.8. The summed E-state index contributed by atoms with van der Waals surface area (Å²) in [6, 6.07) is 3.82. The van der Waals surface area contributed by atoms with Gasteiger partial charge in [0.25, 0.3) is 0 Å². The molecule has 0 bridgehead atoms. The lowest BCUT2D eigenvalue weighted by Crippen LogP contribution is -2.16. The van der Waals surface area contributed by atoms with Gasteiger partial charge in [0.15, 0.2) is 11.5 Å². The van der Waals surface area contributed by atoms with Crippen molar-refractivity contribution in [1.29, 1.82) is 0 Å². The van der Waals surface area contributed by atoms with Gasteiger partial charge in [-0.05, 0) is 37.6 Å². The van der Waals surface area contributed by atoms with Crippen LogP contribution in [0.25, 0.3) is 0 Å². The molecule has 6 heteroatoms. The van der Waals surface area contributed by atoms with Gasteiger partial charge in [0.05, 0.1) is 19.2 Å². The molecule has 0 aliphatic heterocycles. The molecule has 4 nitrogen and oxygen atoms in total. The van der Waals surface area contributed by atoms with E-state index in [-0.39, 0.29) is 12.4 Å². The molecule has 1 aromatic rings. The number of hydrogen-bond donors (Lipinski definition) is 1. The lowest BCUT2D eigenvalue weighted by Gasteiger charge is -2.12. The first-order valence-corrected chi connectivity index (χ1v) is 6.79. The molecule has 1 aromatic carbocycles. The molecule has 0 fully saturated rings. The van der Waals surface area contributed by atoms with Crippen molar-refractivity contribution in [2.75, 3.05) is 34.0 Å². The first-order valence-electron chi connectivity index (χ1n) is 6.41. The van der Waals surface area contributed by atoms with Crippen LogP contribution < -0.4 is 14.8 Å². The molecule has 0 radical (unpaired) electrons. The molecule has 20 heavy (non-hydrogen) atoms. The van der Waals surface area contributed by atoms with Crippen molar-refractivity contribution < 1.29 is 14.2 Å². The highest BCUT2D eigenvalue weighted by atomic mass is 35.5. The van der Waals surface area contributed by atoms with Gasteiger partial charge >= 0.3 is 0 Å². The number of benzene rings is 1. The van der Waals surface area contributed by atoms with Crippen LogP contribution in [0.4, 0.5) is 0 Å². The molecule has 116 valence electrons. The van der Waals surface area contributed by atoms with Gasteiger partial charge in [0.2, 0.25) is 0 Å². The molecule has 0 aliphatic rings. The Labute approximate surface area is 132 Å². The Hall–Kier alpha value is -0.680. The Morgan fingerprint density at radius 3 is 2.55 bits per heavy atom. The summed E-state index contributed by atoms with van der Waals surface area (Å²) in [6.07, 6.45) is 0.995. The largest absolute Gasteiger partial charge is 0.493 e. The van der Waals surface area contributed by atoms with Crippen LogP contribution in [0, 0.1) is 0 Å². The third-order valence-corrected chi connectivity index (χ3v) is 2.95. The Morgan fingerprint density at radius 1 is 1.20 bits per heavy atom. The topological polar surface area (TPSA) is 39.7 Å². The van der Waals surface area contributed by atoms with Gasteiger partial charge in [-0.1, -0.05) is 11.6 Å². The molecule has 1 N–H and O–H groups in total. The number of halogens is 2. The monoisotopic (exact) mass is 323 g/mol. The molecule has 0 saturated heterocycles. The average molecular weight is 324 g/mol. The van der Waals surface area contributed by atoms with Gasteiger partial charge in [-0.25, -0.2) is 0 Å². The Morgan fingerprint density at radius 2 is 1.95 bits per heavy atom. The smallest absolute Gasteiger partial charge is 0.179 e. The summed E-state index contributed by atoms with van der Waals surface area (Å²) in [7, 11) is 3.18. The Kier molecular flexibility index (Phi) is 10.7. The van der Waals surface area contributed by atoms with E-state index in [4.69, 9.17) is 25.8 Å². The molecular weight excluding hydrogens is 301 g/mol. The summed E-state index contributed by atoms with van der Waals surface area (Å²) in [5.41, 5.74) is 1.07. The zero-order valence-electron chi connectivity index (χ0n) is 12.2. The average Bonchev–Trinajstić information content (AvgIpc) is 2.42. The van der Waals surface area contributed by atoms with Gasteiger partial charge in [-0.3, -0.25) is 0 Å². The number of rotatable bonds is 9. The van der Waals surface area contributed by atoms with E-state index in [0.29, 0.717) is 16.5 Å². The molecule has 0 aliphatic carbocycles. The minimum Gasteiger partial charge on any atom is -0.493 e. The molecule has 0 heterocycles. The zero-order chi connectivity index (χ0) is 14.1. The first kappa shape index (κ1) is 19.3. The van der Waals surface area contributed by atoms with Crippen LogP contribution in [-0.4, -0.2) is 34.0 Å². The summed E-state index contributed by atoms with van der Waals surface area (Å²) >= 11 is 6.14. The summed E-state index contributed by atoms with van der Waals surface area (Å²) in [6.45, 7) is 5.21. The fourth-order valence-corrected chi connectivity index (χ4v) is 2.06. The van der Waals surface area contributed by atoms with Gasteiger partial charge in [-0.15, -0.1) is 12.4 Å². The van der Waals surface area contributed by atoms with Crippen LogP contribution in [0.2, 0.25) is 5.02 Å². The van der Waals surface area contributed by atoms with Crippen molar-refractivity contribution in [3.05, 3.63) is 22.7 Å². The number of nitrogens with one attached hydrogen (secondary N) is 1. The van der Waals surface area contributed by atoms with E-state index in [1.165, 1.54) is 0 Å². The Balaban J connectivity index is 0.00000361. The standard InChI is InChI=1S/C14H22ClNO3.ClH/c1-4-19-7-5-6-16-10-11-8-12(15)14(18-3)13(9-11)17-2;/h8-9,16H,4-7,10H2,1-3H3;1H. The maximum Gasteiger partial charge on any atom is 0.179 e. The van der Waals surface area contributed by atoms with E-state index in [9.17, 15) is 0 Å². The number of hydrogen-bond acceptors (Lipinski definition) is 4. The normalized spacial score (nSPS) is 10.0. The van der Waals surface area contributed by atoms with E-state index in [2.05, 4.69) is 5.32 Å². The highest BCUT2D eigenvalue weighted by Crippen LogP contribution is 2.35. The number of ether oxygens (including phenoxy) is 3. The third-order valence-electron chi connectivity index (χ3n) is 2.67. The maximum absolute atomic E-state index is 6.14. The quantitative estimate of drug-likeness (QED) is 0.708. The summed E-state index contributed by atoms with van der Waals surface area (Å²) in [4.78, 5) is 0. The van der Waals surface area contributed by atoms with Gasteiger partial charge in [-0.2, -0.15) is 0 Å². The molecular formula is C14H23Cl2NO3. The van der Waals surface area contributed by atoms with Crippen LogP contribution in [0.1, 0.15) is 18.9 Å². The lowest BCUT2D eigenvalue weighted by molar-refractivity contribution is 0.144. The maximum atomic E-state index is 6.14. The van der Waals surface area contributed by atoms with E-state index in [1.54, 1.807) is 14.2 Å². The van der Waals surface area contributed by atoms with E-state index >= 15 is 0 Å². The predicted octanol–water partition coefficient (Wildman–Crippen LogP) is 3.30. The van der Waals surface area contributed by atoms with Crippen LogP contribution in [0.5, 0.6) is 11.5 Å². The Bertz CT molecular complexity index is 389.